The molecule has 0 aliphatic carbocycles. The van der Waals surface area contributed by atoms with Gasteiger partial charge in [-0.25, -0.2) is 0 Å². The molecule has 0 N–H and O–H groups in total. The third-order valence-corrected chi connectivity index (χ3v) is 5.07. The molecule has 25 heavy (non-hydrogen) atoms. The van der Waals surface area contributed by atoms with Crippen molar-refractivity contribution in [2.75, 3.05) is 6.73 Å². The topological polar surface area (TPSA) is 38.8 Å². The maximum atomic E-state index is 12.7. The van der Waals surface area contributed by atoms with E-state index in [9.17, 15) is 4.79 Å². The summed E-state index contributed by atoms with van der Waals surface area (Å²) in [5.74, 6) is 1.71. The maximum absolute atomic E-state index is 12.7. The van der Waals surface area contributed by atoms with E-state index in [1.165, 1.54) is 0 Å². The average Bonchev–Trinajstić information content (AvgIpc) is 2.93. The number of fused-ring (bicyclic) bond motifs is 3. The van der Waals surface area contributed by atoms with Crippen LogP contribution in [0.2, 0.25) is 0 Å². The van der Waals surface area contributed by atoms with Gasteiger partial charge in [0.05, 0.1) is 11.1 Å². The Hall–Kier alpha value is -2.11. The summed E-state index contributed by atoms with van der Waals surface area (Å²) < 4.78 is 12.8. The molecule has 0 saturated carbocycles. The fraction of sp³-hybridized carbons (Fsp3) is 0.250. The molecule has 2 aliphatic heterocycles. The van der Waals surface area contributed by atoms with Crippen LogP contribution in [0, 0.1) is 0 Å². The number of rotatable bonds is 2. The van der Waals surface area contributed by atoms with Gasteiger partial charge < -0.3 is 9.47 Å². The van der Waals surface area contributed by atoms with Crippen molar-refractivity contribution in [1.82, 2.24) is 4.90 Å². The molecule has 2 aliphatic rings. The maximum Gasteiger partial charge on any atom is 0.231 e. The average molecular weight is 400 g/mol. The van der Waals surface area contributed by atoms with Gasteiger partial charge in [-0.3, -0.25) is 9.69 Å². The van der Waals surface area contributed by atoms with E-state index >= 15 is 0 Å². The summed E-state index contributed by atoms with van der Waals surface area (Å²) in [5.41, 5.74) is 2.48. The molecule has 0 spiro atoms. The smallest absolute Gasteiger partial charge is 0.231 e. The highest BCUT2D eigenvalue weighted by Crippen LogP contribution is 2.42. The van der Waals surface area contributed by atoms with Gasteiger partial charge in [0.15, 0.2) is 5.76 Å². The Morgan fingerprint density at radius 2 is 1.92 bits per heavy atom. The van der Waals surface area contributed by atoms with Gasteiger partial charge in [0, 0.05) is 17.1 Å². The molecule has 0 amide bonds. The zero-order valence-electron chi connectivity index (χ0n) is 14.1. The van der Waals surface area contributed by atoms with Crippen molar-refractivity contribution < 1.29 is 14.3 Å². The molecule has 0 fully saturated rings. The van der Waals surface area contributed by atoms with Crippen molar-refractivity contribution >= 4 is 27.8 Å². The van der Waals surface area contributed by atoms with Crippen LogP contribution in [0.5, 0.6) is 11.5 Å². The predicted molar refractivity (Wildman–Crippen MR) is 99.7 cm³/mol. The Balaban J connectivity index is 1.70. The van der Waals surface area contributed by atoms with Crippen LogP contribution in [0.3, 0.4) is 0 Å². The van der Waals surface area contributed by atoms with Gasteiger partial charge in [-0.15, -0.1) is 0 Å². The van der Waals surface area contributed by atoms with E-state index in [0.717, 1.165) is 27.9 Å². The summed E-state index contributed by atoms with van der Waals surface area (Å²) in [6.45, 7) is 5.53. The van der Waals surface area contributed by atoms with Gasteiger partial charge >= 0.3 is 0 Å². The number of halogens is 1. The summed E-state index contributed by atoms with van der Waals surface area (Å²) in [7, 11) is 0. The highest BCUT2D eigenvalue weighted by Gasteiger charge is 2.33. The van der Waals surface area contributed by atoms with Crippen molar-refractivity contribution in [2.24, 2.45) is 0 Å². The first kappa shape index (κ1) is 16.4. The van der Waals surface area contributed by atoms with Crippen LogP contribution in [0.25, 0.3) is 6.08 Å². The van der Waals surface area contributed by atoms with Gasteiger partial charge in [-0.2, -0.15) is 0 Å². The third-order valence-electron chi connectivity index (χ3n) is 4.54. The highest BCUT2D eigenvalue weighted by molar-refractivity contribution is 9.10. The molecular weight excluding hydrogens is 382 g/mol. The van der Waals surface area contributed by atoms with E-state index in [1.807, 2.05) is 30.3 Å². The van der Waals surface area contributed by atoms with Crippen LogP contribution in [0.15, 0.2) is 46.6 Å². The molecule has 0 bridgehead atoms. The lowest BCUT2D eigenvalue weighted by molar-refractivity contribution is 0.0674. The number of hydrogen-bond donors (Lipinski definition) is 0. The molecule has 0 saturated heterocycles. The summed E-state index contributed by atoms with van der Waals surface area (Å²) in [5, 5.41) is 0. The fourth-order valence-electron chi connectivity index (χ4n) is 3.02. The lowest BCUT2D eigenvalue weighted by Gasteiger charge is -2.32. The van der Waals surface area contributed by atoms with Crippen LogP contribution in [0.4, 0.5) is 0 Å². The van der Waals surface area contributed by atoms with Crippen molar-refractivity contribution in [3.8, 4) is 11.5 Å². The number of carbonyl (C=O) groups is 1. The number of ketones is 1. The van der Waals surface area contributed by atoms with E-state index in [-0.39, 0.29) is 5.78 Å². The minimum atomic E-state index is -0.0811. The van der Waals surface area contributed by atoms with Gasteiger partial charge in [0.2, 0.25) is 5.78 Å². The Bertz CT molecular complexity index is 871. The van der Waals surface area contributed by atoms with Crippen LogP contribution in [-0.2, 0) is 6.54 Å². The van der Waals surface area contributed by atoms with E-state index in [0.29, 0.717) is 29.8 Å². The normalized spacial score (nSPS) is 18.1. The van der Waals surface area contributed by atoms with Gasteiger partial charge in [-0.05, 0) is 49.8 Å². The molecule has 0 unspecified atom stereocenters. The van der Waals surface area contributed by atoms with Crippen molar-refractivity contribution in [1.29, 1.82) is 0 Å². The molecule has 2 heterocycles. The number of hydrogen-bond acceptors (Lipinski definition) is 4. The second-order valence-electron chi connectivity index (χ2n) is 6.52. The van der Waals surface area contributed by atoms with Crippen LogP contribution in [-0.4, -0.2) is 23.5 Å². The first-order chi connectivity index (χ1) is 12.0. The van der Waals surface area contributed by atoms with Crippen LogP contribution >= 0.6 is 15.9 Å². The molecule has 2 aromatic carbocycles. The summed E-state index contributed by atoms with van der Waals surface area (Å²) >= 11 is 3.41. The number of nitrogens with zero attached hydrogens (tertiary/aromatic N) is 1. The highest BCUT2D eigenvalue weighted by atomic mass is 79.9. The summed E-state index contributed by atoms with van der Waals surface area (Å²) in [6, 6.07) is 11.8. The molecular formula is C20H18BrNO3. The van der Waals surface area contributed by atoms with Crippen molar-refractivity contribution in [3.63, 3.8) is 0 Å². The van der Waals surface area contributed by atoms with Crippen LogP contribution < -0.4 is 9.47 Å². The molecule has 128 valence electrons. The number of Topliss-reactive ketones (excluding diaryl/α,β-unsaturated/α-hetero) is 1. The van der Waals surface area contributed by atoms with E-state index in [1.54, 1.807) is 12.1 Å². The standard InChI is InChI=1S/C20H18BrNO3/c1-12(2)22-10-16-17(24-11-22)8-7-15-19(23)18(25-20(15)16)9-13-3-5-14(21)6-4-13/h3-9,12H,10-11H2,1-2H3/b18-9-. The van der Waals surface area contributed by atoms with Gasteiger partial charge in [0.25, 0.3) is 0 Å². The van der Waals surface area contributed by atoms with Crippen molar-refractivity contribution in [2.45, 2.75) is 26.4 Å². The first-order valence-corrected chi connectivity index (χ1v) is 9.05. The second kappa shape index (κ2) is 6.32. The molecule has 4 rings (SSSR count). The number of carbonyl (C=O) groups excluding carboxylic acids is 1. The van der Waals surface area contributed by atoms with Gasteiger partial charge in [-0.1, -0.05) is 28.1 Å². The SMILES string of the molecule is CC(C)N1COc2ccc3c(c2C1)O/C(=C\c1ccc(Br)cc1)C3=O. The second-order valence-corrected chi connectivity index (χ2v) is 7.44. The zero-order chi connectivity index (χ0) is 17.6. The fourth-order valence-corrected chi connectivity index (χ4v) is 3.28. The quantitative estimate of drug-likeness (QED) is 0.690. The van der Waals surface area contributed by atoms with E-state index in [4.69, 9.17) is 9.47 Å². The number of benzene rings is 2. The summed E-state index contributed by atoms with van der Waals surface area (Å²) in [4.78, 5) is 14.9. The van der Waals surface area contributed by atoms with Crippen molar-refractivity contribution in [3.05, 3.63) is 63.3 Å². The first-order valence-electron chi connectivity index (χ1n) is 8.25. The Kier molecular flexibility index (Phi) is 4.13. The minimum absolute atomic E-state index is 0.0811. The van der Waals surface area contributed by atoms with E-state index in [2.05, 4.69) is 34.7 Å². The zero-order valence-corrected chi connectivity index (χ0v) is 15.7. The monoisotopic (exact) mass is 399 g/mol. The largest absolute Gasteiger partial charge is 0.478 e. The Labute approximate surface area is 155 Å². The molecule has 0 atom stereocenters. The molecule has 5 heteroatoms. The number of allylic oxidation sites excluding steroid dienone is 1. The Morgan fingerprint density at radius 1 is 1.16 bits per heavy atom. The Morgan fingerprint density at radius 3 is 2.64 bits per heavy atom. The summed E-state index contributed by atoms with van der Waals surface area (Å²) in [6.07, 6.45) is 1.78. The molecule has 0 aromatic heterocycles. The lowest BCUT2D eigenvalue weighted by atomic mass is 10.0. The molecule has 2 aromatic rings. The number of ether oxygens (including phenoxy) is 2. The van der Waals surface area contributed by atoms with Gasteiger partial charge in [0.1, 0.15) is 18.2 Å². The molecule has 0 radical (unpaired) electrons. The van der Waals surface area contributed by atoms with Crippen LogP contribution in [0.1, 0.15) is 35.3 Å². The third kappa shape index (κ3) is 2.98. The predicted octanol–water partition coefficient (Wildman–Crippen LogP) is 4.63. The lowest BCUT2D eigenvalue weighted by Crippen LogP contribution is -2.37. The van der Waals surface area contributed by atoms with E-state index < -0.39 is 0 Å². The molecule has 4 nitrogen and oxygen atoms in total. The minimum Gasteiger partial charge on any atom is -0.478 e.